The lowest BCUT2D eigenvalue weighted by Crippen LogP contribution is -2.54. The maximum atomic E-state index is 12.5. The molecule has 3 rings (SSSR count). The molecule has 8 nitrogen and oxygen atoms in total. The van der Waals surface area contributed by atoms with Gasteiger partial charge < -0.3 is 14.9 Å². The Morgan fingerprint density at radius 1 is 1.19 bits per heavy atom. The van der Waals surface area contributed by atoms with Gasteiger partial charge in [-0.15, -0.1) is 23.5 Å². The molecule has 0 aliphatic carbocycles. The average Bonchev–Trinajstić information content (AvgIpc) is 3.37. The van der Waals surface area contributed by atoms with Gasteiger partial charge in [-0.2, -0.15) is 0 Å². The average molecular weight is 483 g/mol. The highest BCUT2D eigenvalue weighted by atomic mass is 32.2. The molecule has 0 saturated carbocycles. The van der Waals surface area contributed by atoms with E-state index in [0.29, 0.717) is 25.8 Å². The number of ether oxygens (including phenoxy) is 1. The number of hydrogen-bond acceptors (Lipinski definition) is 8. The second-order valence-electron chi connectivity index (χ2n) is 7.98. The maximum absolute atomic E-state index is 12.5. The first kappa shape index (κ1) is 24.9. The fourth-order valence-electron chi connectivity index (χ4n) is 4.20. The van der Waals surface area contributed by atoms with Gasteiger partial charge in [0, 0.05) is 24.6 Å². The van der Waals surface area contributed by atoms with Gasteiger partial charge in [0.2, 0.25) is 0 Å². The van der Waals surface area contributed by atoms with Crippen molar-refractivity contribution in [2.75, 3.05) is 31.2 Å². The number of likely N-dealkylation sites (tertiary alicyclic amines) is 1. The first-order chi connectivity index (χ1) is 15.3. The second kappa shape index (κ2) is 11.4. The van der Waals surface area contributed by atoms with Crippen LogP contribution in [0.25, 0.3) is 0 Å². The molecule has 3 atom stereocenters. The molecule has 0 radical (unpaired) electrons. The van der Waals surface area contributed by atoms with Crippen LogP contribution in [0.5, 0.6) is 0 Å². The van der Waals surface area contributed by atoms with E-state index in [1.165, 1.54) is 0 Å². The summed E-state index contributed by atoms with van der Waals surface area (Å²) < 4.78 is 4.98. The summed E-state index contributed by atoms with van der Waals surface area (Å²) in [7, 11) is 0. The lowest BCUT2D eigenvalue weighted by molar-refractivity contribution is -0.149. The molecule has 2 fully saturated rings. The third-order valence-corrected chi connectivity index (χ3v) is 9.17. The van der Waals surface area contributed by atoms with Crippen LogP contribution in [0.3, 0.4) is 0 Å². The number of thioether (sulfide) groups is 2. The number of carbonyl (C=O) groups is 3. The zero-order valence-corrected chi connectivity index (χ0v) is 19.7. The predicted molar refractivity (Wildman–Crippen MR) is 125 cm³/mol. The normalized spacial score (nSPS) is 22.0. The number of carboxylic acid groups (broad SMARTS) is 2. The van der Waals surface area contributed by atoms with Crippen LogP contribution < -0.4 is 5.32 Å². The molecule has 2 saturated heterocycles. The van der Waals surface area contributed by atoms with Gasteiger partial charge in [-0.05, 0) is 31.7 Å². The highest BCUT2D eigenvalue weighted by Gasteiger charge is 2.50. The maximum Gasteiger partial charge on any atom is 0.323 e. The number of benzene rings is 1. The molecule has 2 aliphatic rings. The lowest BCUT2D eigenvalue weighted by atomic mass is 10.0. The monoisotopic (exact) mass is 482 g/mol. The van der Waals surface area contributed by atoms with Crippen LogP contribution in [-0.2, 0) is 25.5 Å². The highest BCUT2D eigenvalue weighted by molar-refractivity contribution is 8.21. The molecular formula is C22H30N2O6S2. The van der Waals surface area contributed by atoms with Crippen LogP contribution in [0.15, 0.2) is 30.3 Å². The molecule has 1 unspecified atom stereocenters. The zero-order chi connectivity index (χ0) is 23.1. The molecule has 1 aromatic rings. The molecule has 176 valence electrons. The first-order valence-electron chi connectivity index (χ1n) is 10.8. The van der Waals surface area contributed by atoms with E-state index in [0.717, 1.165) is 17.1 Å². The van der Waals surface area contributed by atoms with Crippen molar-refractivity contribution in [3.05, 3.63) is 35.9 Å². The predicted octanol–water partition coefficient (Wildman–Crippen LogP) is 1.93. The minimum atomic E-state index is -1.11. The molecule has 0 aromatic heterocycles. The SMILES string of the molecule is CCOC(=O)[C@H](CCc1ccccc1)N[C@@H](CN1CC2(CC1C(=O)O)SCCS2)C(=O)O. The lowest BCUT2D eigenvalue weighted by Gasteiger charge is -2.28. The largest absolute Gasteiger partial charge is 0.480 e. The minimum absolute atomic E-state index is 0.0103. The van der Waals surface area contributed by atoms with E-state index in [2.05, 4.69) is 5.32 Å². The zero-order valence-electron chi connectivity index (χ0n) is 18.1. The van der Waals surface area contributed by atoms with Crippen LogP contribution in [0.4, 0.5) is 0 Å². The molecule has 3 N–H and O–H groups in total. The molecule has 2 aliphatic heterocycles. The molecule has 1 spiro atoms. The quantitative estimate of drug-likeness (QED) is 0.404. The number of aryl methyl sites for hydroxylation is 1. The van der Waals surface area contributed by atoms with Crippen LogP contribution in [0, 0.1) is 0 Å². The van der Waals surface area contributed by atoms with Gasteiger partial charge in [0.05, 0.1) is 10.7 Å². The van der Waals surface area contributed by atoms with E-state index < -0.39 is 36.0 Å². The number of hydrogen-bond donors (Lipinski definition) is 3. The van der Waals surface area contributed by atoms with Gasteiger partial charge in [0.25, 0.3) is 0 Å². The Labute approximate surface area is 196 Å². The van der Waals surface area contributed by atoms with Crippen LogP contribution in [0.2, 0.25) is 0 Å². The van der Waals surface area contributed by atoms with Crippen molar-refractivity contribution in [2.45, 2.75) is 48.4 Å². The molecule has 10 heteroatoms. The van der Waals surface area contributed by atoms with E-state index in [-0.39, 0.29) is 17.2 Å². The smallest absolute Gasteiger partial charge is 0.323 e. The molecule has 32 heavy (non-hydrogen) atoms. The first-order valence-corrected chi connectivity index (χ1v) is 12.7. The van der Waals surface area contributed by atoms with E-state index in [1.54, 1.807) is 35.3 Å². The molecule has 2 heterocycles. The number of nitrogens with zero attached hydrogens (tertiary/aromatic N) is 1. The summed E-state index contributed by atoms with van der Waals surface area (Å²) in [5.74, 6) is -0.614. The van der Waals surface area contributed by atoms with Gasteiger partial charge in [-0.1, -0.05) is 30.3 Å². The van der Waals surface area contributed by atoms with Crippen molar-refractivity contribution >= 4 is 41.4 Å². The Bertz CT molecular complexity index is 803. The fraction of sp³-hybridized carbons (Fsp3) is 0.591. The minimum Gasteiger partial charge on any atom is -0.480 e. The highest BCUT2D eigenvalue weighted by Crippen LogP contribution is 2.51. The van der Waals surface area contributed by atoms with Gasteiger partial charge in [0.1, 0.15) is 18.1 Å². The summed E-state index contributed by atoms with van der Waals surface area (Å²) in [6.07, 6.45) is 1.45. The summed E-state index contributed by atoms with van der Waals surface area (Å²) >= 11 is 3.52. The Hall–Kier alpha value is -1.75. The standard InChI is InChI=1S/C22H30N2O6S2/c1-2-30-21(29)16(9-8-15-6-4-3-5-7-15)23-17(19(25)26)13-24-14-22(31-10-11-32-22)12-18(24)20(27)28/h3-7,16-18,23H,2,8-14H2,1H3,(H,25,26)(H,27,28)/t16-,17-,18?/m0/s1. The molecular weight excluding hydrogens is 452 g/mol. The van der Waals surface area contributed by atoms with Crippen molar-refractivity contribution in [3.63, 3.8) is 0 Å². The topological polar surface area (TPSA) is 116 Å². The van der Waals surface area contributed by atoms with Gasteiger partial charge in [0.15, 0.2) is 0 Å². The number of aliphatic carboxylic acids is 2. The van der Waals surface area contributed by atoms with E-state index in [1.807, 2.05) is 30.3 Å². The van der Waals surface area contributed by atoms with Crippen molar-refractivity contribution in [2.24, 2.45) is 0 Å². The summed E-state index contributed by atoms with van der Waals surface area (Å²) in [6.45, 7) is 2.43. The second-order valence-corrected chi connectivity index (χ2v) is 11.2. The Kier molecular flexibility index (Phi) is 8.87. The van der Waals surface area contributed by atoms with Gasteiger partial charge in [-0.25, -0.2) is 0 Å². The third-order valence-electron chi connectivity index (χ3n) is 5.74. The summed E-state index contributed by atoms with van der Waals surface area (Å²) in [5, 5.41) is 22.5. The molecule has 0 amide bonds. The number of esters is 1. The number of carboxylic acids is 2. The summed E-state index contributed by atoms with van der Waals surface area (Å²) in [6, 6.07) is 7.02. The van der Waals surface area contributed by atoms with Crippen molar-refractivity contribution in [1.29, 1.82) is 0 Å². The van der Waals surface area contributed by atoms with E-state index in [4.69, 9.17) is 4.74 Å². The molecule has 0 bridgehead atoms. The van der Waals surface area contributed by atoms with Gasteiger partial charge >= 0.3 is 17.9 Å². The fourth-order valence-corrected chi connectivity index (χ4v) is 7.51. The van der Waals surface area contributed by atoms with Crippen molar-refractivity contribution in [3.8, 4) is 0 Å². The van der Waals surface area contributed by atoms with Crippen LogP contribution >= 0.6 is 23.5 Å². The van der Waals surface area contributed by atoms with Crippen LogP contribution in [-0.4, -0.2) is 86.4 Å². The third kappa shape index (κ3) is 6.40. The Morgan fingerprint density at radius 3 is 2.47 bits per heavy atom. The van der Waals surface area contributed by atoms with E-state index in [9.17, 15) is 24.6 Å². The van der Waals surface area contributed by atoms with Crippen molar-refractivity contribution in [1.82, 2.24) is 10.2 Å². The number of nitrogens with one attached hydrogen (secondary N) is 1. The molecule has 1 aromatic carbocycles. The van der Waals surface area contributed by atoms with Crippen molar-refractivity contribution < 1.29 is 29.3 Å². The number of rotatable bonds is 11. The summed E-state index contributed by atoms with van der Waals surface area (Å²) in [5.41, 5.74) is 1.04. The summed E-state index contributed by atoms with van der Waals surface area (Å²) in [4.78, 5) is 38.2. The number of carbonyl (C=O) groups excluding carboxylic acids is 1. The Balaban J connectivity index is 1.70. The Morgan fingerprint density at radius 2 is 1.88 bits per heavy atom. The van der Waals surface area contributed by atoms with Gasteiger partial charge in [-0.3, -0.25) is 24.6 Å². The van der Waals surface area contributed by atoms with Crippen LogP contribution in [0.1, 0.15) is 25.3 Å². The van der Waals surface area contributed by atoms with E-state index >= 15 is 0 Å².